The molecule has 2 aromatic heterocycles. The molecule has 0 radical (unpaired) electrons. The Morgan fingerprint density at radius 2 is 1.77 bits per heavy atom. The summed E-state index contributed by atoms with van der Waals surface area (Å²) >= 11 is 3.62. The maximum absolute atomic E-state index is 4.63. The Morgan fingerprint density at radius 1 is 1.04 bits per heavy atom. The number of nitrogens with zero attached hydrogens (tertiary/aromatic N) is 3. The third-order valence-electron chi connectivity index (χ3n) is 4.82. The van der Waals surface area contributed by atoms with Crippen LogP contribution in [0.15, 0.2) is 35.6 Å². The summed E-state index contributed by atoms with van der Waals surface area (Å²) in [5, 5.41) is 2.34. The summed E-state index contributed by atoms with van der Waals surface area (Å²) < 4.78 is 0. The van der Waals surface area contributed by atoms with E-state index in [2.05, 4.69) is 66.8 Å². The van der Waals surface area contributed by atoms with Gasteiger partial charge in [0, 0.05) is 22.7 Å². The molecular formula is C21H27N3S2. The molecular weight excluding hydrogens is 358 g/mol. The van der Waals surface area contributed by atoms with Crippen molar-refractivity contribution in [3.8, 4) is 11.1 Å². The summed E-state index contributed by atoms with van der Waals surface area (Å²) in [5.41, 5.74) is 3.95. The SMILES string of the molecule is CCc1ccc(-c2c(C)sc3ncnc(SCCN(CC)CC)c23)cc1. The molecule has 26 heavy (non-hydrogen) atoms. The van der Waals surface area contributed by atoms with Gasteiger partial charge in [0.25, 0.3) is 0 Å². The minimum Gasteiger partial charge on any atom is -0.303 e. The number of benzene rings is 1. The van der Waals surface area contributed by atoms with Crippen LogP contribution < -0.4 is 0 Å². The molecule has 3 nitrogen and oxygen atoms in total. The van der Waals surface area contributed by atoms with Crippen LogP contribution in [0.25, 0.3) is 21.3 Å². The van der Waals surface area contributed by atoms with Gasteiger partial charge in [0.15, 0.2) is 0 Å². The first-order valence-corrected chi connectivity index (χ1v) is 11.2. The van der Waals surface area contributed by atoms with Crippen molar-refractivity contribution >= 4 is 33.3 Å². The van der Waals surface area contributed by atoms with Gasteiger partial charge in [-0.25, -0.2) is 9.97 Å². The lowest BCUT2D eigenvalue weighted by Gasteiger charge is -2.17. The van der Waals surface area contributed by atoms with E-state index in [0.717, 1.165) is 41.7 Å². The van der Waals surface area contributed by atoms with Crippen LogP contribution in [0.3, 0.4) is 0 Å². The molecule has 0 atom stereocenters. The van der Waals surface area contributed by atoms with Gasteiger partial charge in [0.2, 0.25) is 0 Å². The van der Waals surface area contributed by atoms with Crippen molar-refractivity contribution in [1.82, 2.24) is 14.9 Å². The number of rotatable bonds is 8. The maximum Gasteiger partial charge on any atom is 0.128 e. The topological polar surface area (TPSA) is 29.0 Å². The highest BCUT2D eigenvalue weighted by Crippen LogP contribution is 2.41. The number of aryl methyl sites for hydroxylation is 2. The molecule has 2 heterocycles. The van der Waals surface area contributed by atoms with Gasteiger partial charge >= 0.3 is 0 Å². The average molecular weight is 386 g/mol. The highest BCUT2D eigenvalue weighted by Gasteiger charge is 2.17. The molecule has 0 saturated heterocycles. The predicted octanol–water partition coefficient (Wildman–Crippen LogP) is 5.66. The minimum absolute atomic E-state index is 1.05. The van der Waals surface area contributed by atoms with Gasteiger partial charge in [-0.05, 0) is 37.6 Å². The molecule has 0 spiro atoms. The van der Waals surface area contributed by atoms with E-state index in [-0.39, 0.29) is 0 Å². The van der Waals surface area contributed by atoms with Crippen LogP contribution in [0.2, 0.25) is 0 Å². The second-order valence-corrected chi connectivity index (χ2v) is 8.60. The van der Waals surface area contributed by atoms with E-state index in [1.807, 2.05) is 11.8 Å². The number of fused-ring (bicyclic) bond motifs is 1. The van der Waals surface area contributed by atoms with Crippen LogP contribution in [-0.4, -0.2) is 40.3 Å². The molecule has 0 saturated carbocycles. The Balaban J connectivity index is 1.94. The van der Waals surface area contributed by atoms with E-state index in [9.17, 15) is 0 Å². The van der Waals surface area contributed by atoms with Gasteiger partial charge in [-0.3, -0.25) is 0 Å². The van der Waals surface area contributed by atoms with Crippen LogP contribution in [0.1, 0.15) is 31.2 Å². The zero-order chi connectivity index (χ0) is 18.5. The van der Waals surface area contributed by atoms with Crippen molar-refractivity contribution in [2.75, 3.05) is 25.4 Å². The van der Waals surface area contributed by atoms with E-state index in [1.54, 1.807) is 17.7 Å². The predicted molar refractivity (Wildman–Crippen MR) is 115 cm³/mol. The first-order valence-electron chi connectivity index (χ1n) is 9.36. The van der Waals surface area contributed by atoms with Crippen LogP contribution in [0.4, 0.5) is 0 Å². The van der Waals surface area contributed by atoms with Crippen molar-refractivity contribution in [2.45, 2.75) is 39.1 Å². The Labute approximate surface area is 164 Å². The lowest BCUT2D eigenvalue weighted by Crippen LogP contribution is -2.25. The third-order valence-corrected chi connectivity index (χ3v) is 6.80. The number of thioether (sulfide) groups is 1. The van der Waals surface area contributed by atoms with Crippen molar-refractivity contribution < 1.29 is 0 Å². The second kappa shape index (κ2) is 8.98. The monoisotopic (exact) mass is 385 g/mol. The second-order valence-electron chi connectivity index (χ2n) is 6.32. The zero-order valence-corrected chi connectivity index (χ0v) is 17.7. The van der Waals surface area contributed by atoms with Crippen LogP contribution in [0, 0.1) is 6.92 Å². The highest BCUT2D eigenvalue weighted by molar-refractivity contribution is 7.99. The van der Waals surface area contributed by atoms with Crippen molar-refractivity contribution in [2.24, 2.45) is 0 Å². The van der Waals surface area contributed by atoms with Crippen molar-refractivity contribution in [1.29, 1.82) is 0 Å². The van der Waals surface area contributed by atoms with Gasteiger partial charge in [-0.1, -0.05) is 45.0 Å². The largest absolute Gasteiger partial charge is 0.303 e. The molecule has 0 aliphatic heterocycles. The quantitative estimate of drug-likeness (QED) is 0.369. The fraction of sp³-hybridized carbons (Fsp3) is 0.429. The fourth-order valence-electron chi connectivity index (χ4n) is 3.19. The van der Waals surface area contributed by atoms with Crippen LogP contribution >= 0.6 is 23.1 Å². The number of thiophene rings is 1. The summed E-state index contributed by atoms with van der Waals surface area (Å²) in [4.78, 5) is 14.0. The van der Waals surface area contributed by atoms with Crippen molar-refractivity contribution in [3.63, 3.8) is 0 Å². The molecule has 3 rings (SSSR count). The van der Waals surface area contributed by atoms with Gasteiger partial charge in [-0.15, -0.1) is 23.1 Å². The van der Waals surface area contributed by atoms with E-state index in [1.165, 1.54) is 27.0 Å². The molecule has 0 amide bonds. The van der Waals surface area contributed by atoms with E-state index < -0.39 is 0 Å². The Hall–Kier alpha value is -1.43. The van der Waals surface area contributed by atoms with Crippen molar-refractivity contribution in [3.05, 3.63) is 41.0 Å². The Kier molecular flexibility index (Phi) is 6.68. The molecule has 138 valence electrons. The minimum atomic E-state index is 1.05. The first kappa shape index (κ1) is 19.3. The average Bonchev–Trinajstić information content (AvgIpc) is 3.02. The molecule has 1 aromatic carbocycles. The van der Waals surface area contributed by atoms with Crippen LogP contribution in [-0.2, 0) is 6.42 Å². The summed E-state index contributed by atoms with van der Waals surface area (Å²) in [6.07, 6.45) is 2.78. The molecule has 5 heteroatoms. The first-order chi connectivity index (χ1) is 12.7. The molecule has 0 fully saturated rings. The van der Waals surface area contributed by atoms with E-state index in [0.29, 0.717) is 0 Å². The van der Waals surface area contributed by atoms with Gasteiger partial charge in [-0.2, -0.15) is 0 Å². The van der Waals surface area contributed by atoms with Gasteiger partial charge < -0.3 is 4.90 Å². The highest BCUT2D eigenvalue weighted by atomic mass is 32.2. The molecule has 0 bridgehead atoms. The zero-order valence-electron chi connectivity index (χ0n) is 16.1. The number of hydrogen-bond acceptors (Lipinski definition) is 5. The summed E-state index contributed by atoms with van der Waals surface area (Å²) in [7, 11) is 0. The Bertz CT molecular complexity index is 852. The summed E-state index contributed by atoms with van der Waals surface area (Å²) in [6.45, 7) is 12.1. The molecule has 0 aliphatic carbocycles. The lowest BCUT2D eigenvalue weighted by atomic mass is 10.0. The molecule has 3 aromatic rings. The van der Waals surface area contributed by atoms with E-state index >= 15 is 0 Å². The van der Waals surface area contributed by atoms with Gasteiger partial charge in [0.1, 0.15) is 16.2 Å². The third kappa shape index (κ3) is 4.11. The maximum atomic E-state index is 4.63. The normalized spacial score (nSPS) is 11.6. The smallest absolute Gasteiger partial charge is 0.128 e. The van der Waals surface area contributed by atoms with Gasteiger partial charge in [0.05, 0.1) is 5.39 Å². The van der Waals surface area contributed by atoms with Crippen LogP contribution in [0.5, 0.6) is 0 Å². The Morgan fingerprint density at radius 3 is 2.42 bits per heavy atom. The summed E-state index contributed by atoms with van der Waals surface area (Å²) in [6, 6.07) is 8.94. The van der Waals surface area contributed by atoms with E-state index in [4.69, 9.17) is 0 Å². The standard InChI is InChI=1S/C21H27N3S2/c1-5-16-8-10-17(11-9-16)18-15(4)26-21-19(18)20(22-14-23-21)25-13-12-24(6-2)7-3/h8-11,14H,5-7,12-13H2,1-4H3. The molecule has 0 aliphatic rings. The summed E-state index contributed by atoms with van der Waals surface area (Å²) in [5.74, 6) is 1.05. The number of hydrogen-bond donors (Lipinski definition) is 0. The number of aromatic nitrogens is 2. The molecule has 0 unspecified atom stereocenters. The lowest BCUT2D eigenvalue weighted by molar-refractivity contribution is 0.324. The molecule has 0 N–H and O–H groups in total. The fourth-order valence-corrected chi connectivity index (χ4v) is 5.28.